The maximum Gasteiger partial charge on any atom is 0.416 e. The number of hydrogen-bond acceptors (Lipinski definition) is 4. The van der Waals surface area contributed by atoms with Crippen LogP contribution < -0.4 is 10.5 Å². The number of halogens is 3. The molecule has 0 bridgehead atoms. The lowest BCUT2D eigenvalue weighted by atomic mass is 9.92. The Balaban J connectivity index is 1.92. The van der Waals surface area contributed by atoms with E-state index in [-0.39, 0.29) is 18.7 Å². The Morgan fingerprint density at radius 1 is 1.29 bits per heavy atom. The average Bonchev–Trinajstić information content (AvgIpc) is 2.52. The van der Waals surface area contributed by atoms with Crippen molar-refractivity contribution in [3.8, 4) is 5.75 Å². The van der Waals surface area contributed by atoms with Gasteiger partial charge in [-0.1, -0.05) is 0 Å². The minimum Gasteiger partial charge on any atom is -0.484 e. The molecular weight excluding hydrogens is 329 g/mol. The van der Waals surface area contributed by atoms with Gasteiger partial charge in [-0.25, -0.2) is 0 Å². The van der Waals surface area contributed by atoms with Crippen molar-refractivity contribution in [2.75, 3.05) is 19.7 Å². The number of ether oxygens (including phenoxy) is 1. The number of benzene rings is 1. The van der Waals surface area contributed by atoms with Gasteiger partial charge >= 0.3 is 6.18 Å². The molecule has 1 heterocycles. The van der Waals surface area contributed by atoms with Gasteiger partial charge in [0.15, 0.2) is 12.2 Å². The number of aliphatic hydroxyl groups is 1. The maximum atomic E-state index is 12.5. The molecule has 0 radical (unpaired) electrons. The molecule has 9 heteroatoms. The van der Waals surface area contributed by atoms with Crippen LogP contribution in [-0.4, -0.2) is 47.1 Å². The van der Waals surface area contributed by atoms with Crippen molar-refractivity contribution in [1.82, 2.24) is 4.90 Å². The van der Waals surface area contributed by atoms with E-state index in [2.05, 4.69) is 0 Å². The molecule has 1 saturated heterocycles. The molecule has 132 valence electrons. The summed E-state index contributed by atoms with van der Waals surface area (Å²) in [6.45, 7) is -0.303. The summed E-state index contributed by atoms with van der Waals surface area (Å²) in [6, 6.07) is 3.94. The van der Waals surface area contributed by atoms with Crippen LogP contribution in [0, 0.1) is 0 Å². The van der Waals surface area contributed by atoms with Gasteiger partial charge < -0.3 is 20.5 Å². The molecule has 1 fully saturated rings. The molecule has 1 aliphatic heterocycles. The lowest BCUT2D eigenvalue weighted by molar-refractivity contribution is -0.150. The number of rotatable bonds is 4. The van der Waals surface area contributed by atoms with Crippen LogP contribution in [-0.2, 0) is 15.8 Å². The highest BCUT2D eigenvalue weighted by Gasteiger charge is 2.40. The first-order chi connectivity index (χ1) is 11.1. The molecule has 2 rings (SSSR count). The fraction of sp³-hybridized carbons (Fsp3) is 0.467. The number of nitrogens with zero attached hydrogens (tertiary/aromatic N) is 1. The molecule has 6 nitrogen and oxygen atoms in total. The molecule has 1 unspecified atom stereocenters. The minimum absolute atomic E-state index is 0.110. The van der Waals surface area contributed by atoms with Crippen molar-refractivity contribution < 1.29 is 32.6 Å². The molecule has 0 spiro atoms. The van der Waals surface area contributed by atoms with Gasteiger partial charge in [0.2, 0.25) is 0 Å². The van der Waals surface area contributed by atoms with E-state index in [0.29, 0.717) is 13.0 Å². The molecular formula is C15H17F3N2O4. The molecule has 1 aromatic rings. The number of hydrogen-bond donors (Lipinski definition) is 2. The summed E-state index contributed by atoms with van der Waals surface area (Å²) in [6.07, 6.45) is -3.86. The van der Waals surface area contributed by atoms with Crippen LogP contribution in [0.5, 0.6) is 5.75 Å². The average molecular weight is 346 g/mol. The van der Waals surface area contributed by atoms with Crippen molar-refractivity contribution in [2.45, 2.75) is 24.6 Å². The second kappa shape index (κ2) is 6.68. The van der Waals surface area contributed by atoms with E-state index in [1.54, 1.807) is 0 Å². The maximum absolute atomic E-state index is 12.5. The largest absolute Gasteiger partial charge is 0.484 e. The Kier molecular flexibility index (Phi) is 5.02. The smallest absolute Gasteiger partial charge is 0.416 e. The molecule has 1 atom stereocenters. The first-order valence-electron chi connectivity index (χ1n) is 7.22. The third kappa shape index (κ3) is 4.16. The number of primary amides is 1. The predicted octanol–water partition coefficient (Wildman–Crippen LogP) is 0.923. The van der Waals surface area contributed by atoms with Crippen LogP contribution in [0.25, 0.3) is 0 Å². The molecule has 0 saturated carbocycles. The van der Waals surface area contributed by atoms with Gasteiger partial charge in [0, 0.05) is 6.54 Å². The first-order valence-corrected chi connectivity index (χ1v) is 7.22. The van der Waals surface area contributed by atoms with Gasteiger partial charge in [0.05, 0.1) is 12.1 Å². The fourth-order valence-corrected chi connectivity index (χ4v) is 2.43. The molecule has 1 aliphatic rings. The second-order valence-corrected chi connectivity index (χ2v) is 5.63. The van der Waals surface area contributed by atoms with Gasteiger partial charge in [0.25, 0.3) is 11.8 Å². The van der Waals surface area contributed by atoms with Gasteiger partial charge in [-0.3, -0.25) is 9.59 Å². The zero-order valence-corrected chi connectivity index (χ0v) is 12.7. The Hall–Kier alpha value is -2.29. The van der Waals surface area contributed by atoms with Gasteiger partial charge in [-0.2, -0.15) is 13.2 Å². The van der Waals surface area contributed by atoms with Crippen LogP contribution in [0.4, 0.5) is 13.2 Å². The number of carbonyl (C=O) groups is 2. The van der Waals surface area contributed by atoms with Crippen LogP contribution in [0.15, 0.2) is 24.3 Å². The summed E-state index contributed by atoms with van der Waals surface area (Å²) >= 11 is 0. The lowest BCUT2D eigenvalue weighted by Crippen LogP contribution is -2.57. The summed E-state index contributed by atoms with van der Waals surface area (Å²) in [4.78, 5) is 24.6. The Bertz CT molecular complexity index is 618. The highest BCUT2D eigenvalue weighted by molar-refractivity contribution is 5.85. The summed E-state index contributed by atoms with van der Waals surface area (Å²) < 4.78 is 42.5. The lowest BCUT2D eigenvalue weighted by Gasteiger charge is -2.36. The molecule has 0 aliphatic carbocycles. The molecule has 1 aromatic carbocycles. The van der Waals surface area contributed by atoms with Crippen molar-refractivity contribution in [2.24, 2.45) is 5.73 Å². The van der Waals surface area contributed by atoms with Gasteiger partial charge in [-0.15, -0.1) is 0 Å². The number of nitrogens with two attached hydrogens (primary N) is 1. The van der Waals surface area contributed by atoms with E-state index in [9.17, 15) is 27.9 Å². The van der Waals surface area contributed by atoms with Crippen LogP contribution in [0.2, 0.25) is 0 Å². The Morgan fingerprint density at radius 2 is 1.92 bits per heavy atom. The van der Waals surface area contributed by atoms with E-state index >= 15 is 0 Å². The standard InChI is InChI=1S/C15H17F3N2O4/c16-15(17,18)10-2-4-11(5-3-10)24-8-12(21)20-7-1-6-14(23,9-20)13(19)22/h2-5,23H,1,6-9H2,(H2,19,22). The van der Waals surface area contributed by atoms with Crippen LogP contribution in [0.3, 0.4) is 0 Å². The SMILES string of the molecule is NC(=O)C1(O)CCCN(C(=O)COc2ccc(C(F)(F)F)cc2)C1. The van der Waals surface area contributed by atoms with Crippen LogP contribution >= 0.6 is 0 Å². The number of likely N-dealkylation sites (tertiary alicyclic amines) is 1. The topological polar surface area (TPSA) is 92.9 Å². The van der Waals surface area contributed by atoms with E-state index in [1.807, 2.05) is 0 Å². The summed E-state index contributed by atoms with van der Waals surface area (Å²) in [5.74, 6) is -1.28. The third-order valence-electron chi connectivity index (χ3n) is 3.83. The highest BCUT2D eigenvalue weighted by atomic mass is 19.4. The van der Waals surface area contributed by atoms with E-state index < -0.39 is 35.8 Å². The predicted molar refractivity (Wildman–Crippen MR) is 76.9 cm³/mol. The van der Waals surface area contributed by atoms with Crippen molar-refractivity contribution >= 4 is 11.8 Å². The molecule has 24 heavy (non-hydrogen) atoms. The minimum atomic E-state index is -4.44. The Morgan fingerprint density at radius 3 is 2.46 bits per heavy atom. The van der Waals surface area contributed by atoms with E-state index in [4.69, 9.17) is 10.5 Å². The second-order valence-electron chi connectivity index (χ2n) is 5.63. The monoisotopic (exact) mass is 346 g/mol. The first kappa shape index (κ1) is 18.1. The zero-order chi connectivity index (χ0) is 18.0. The van der Waals surface area contributed by atoms with Crippen molar-refractivity contribution in [3.05, 3.63) is 29.8 Å². The highest BCUT2D eigenvalue weighted by Crippen LogP contribution is 2.30. The molecule has 2 amide bonds. The summed E-state index contributed by atoms with van der Waals surface area (Å²) in [7, 11) is 0. The number of amides is 2. The normalized spacial score (nSPS) is 21.4. The summed E-state index contributed by atoms with van der Waals surface area (Å²) in [5.41, 5.74) is 2.55. The summed E-state index contributed by atoms with van der Waals surface area (Å²) in [5, 5.41) is 10.0. The van der Waals surface area contributed by atoms with E-state index in [1.165, 1.54) is 4.90 Å². The zero-order valence-electron chi connectivity index (χ0n) is 12.7. The third-order valence-corrected chi connectivity index (χ3v) is 3.83. The van der Waals surface area contributed by atoms with Crippen molar-refractivity contribution in [3.63, 3.8) is 0 Å². The number of carbonyl (C=O) groups excluding carboxylic acids is 2. The Labute approximate surface area is 136 Å². The molecule has 3 N–H and O–H groups in total. The number of alkyl halides is 3. The molecule has 0 aromatic heterocycles. The number of piperidine rings is 1. The van der Waals surface area contributed by atoms with Crippen molar-refractivity contribution in [1.29, 1.82) is 0 Å². The van der Waals surface area contributed by atoms with Gasteiger partial charge in [0.1, 0.15) is 5.75 Å². The van der Waals surface area contributed by atoms with E-state index in [0.717, 1.165) is 24.3 Å². The van der Waals surface area contributed by atoms with Gasteiger partial charge in [-0.05, 0) is 37.1 Å². The van der Waals surface area contributed by atoms with Crippen LogP contribution in [0.1, 0.15) is 18.4 Å². The number of β-amino-alcohol motifs (C(OH)–C–C–N with tert-alkyl or cyclic N) is 1. The fourth-order valence-electron chi connectivity index (χ4n) is 2.43. The quantitative estimate of drug-likeness (QED) is 0.848.